The molecule has 2 nitrogen and oxygen atoms in total. The van der Waals surface area contributed by atoms with Crippen LogP contribution in [-0.4, -0.2) is 13.2 Å². The lowest BCUT2D eigenvalue weighted by atomic mass is 10.0. The lowest BCUT2D eigenvalue weighted by molar-refractivity contribution is 0.296. The van der Waals surface area contributed by atoms with E-state index < -0.39 is 0 Å². The van der Waals surface area contributed by atoms with Gasteiger partial charge in [0.15, 0.2) is 0 Å². The normalized spacial score (nSPS) is 17.1. The number of nitrogens with one attached hydrogen (secondary N) is 1. The topological polar surface area (TPSA) is 21.3 Å². The van der Waals surface area contributed by atoms with Crippen molar-refractivity contribution in [3.63, 3.8) is 0 Å². The number of fused-ring (bicyclic) bond motifs is 1. The molecule has 1 aliphatic rings. The summed E-state index contributed by atoms with van der Waals surface area (Å²) >= 11 is 5.93. The van der Waals surface area contributed by atoms with Gasteiger partial charge in [-0.25, -0.2) is 0 Å². The molecule has 1 N–H and O–H groups in total. The smallest absolute Gasteiger partial charge is 0.120 e. The molecule has 0 amide bonds. The van der Waals surface area contributed by atoms with Crippen molar-refractivity contribution < 1.29 is 4.74 Å². The summed E-state index contributed by atoms with van der Waals surface area (Å²) in [4.78, 5) is 0. The minimum absolute atomic E-state index is 0.403. The highest BCUT2D eigenvalue weighted by molar-refractivity contribution is 6.30. The summed E-state index contributed by atoms with van der Waals surface area (Å²) in [5.74, 6) is 1.23. The van der Waals surface area contributed by atoms with Crippen molar-refractivity contribution in [2.45, 2.75) is 5.92 Å². The van der Waals surface area contributed by atoms with Gasteiger partial charge in [-0.2, -0.15) is 0 Å². The first kappa shape index (κ1) is 11.4. The molecule has 18 heavy (non-hydrogen) atoms. The Labute approximate surface area is 112 Å². The quantitative estimate of drug-likeness (QED) is 0.902. The zero-order chi connectivity index (χ0) is 12.4. The van der Waals surface area contributed by atoms with Gasteiger partial charge in [-0.05, 0) is 29.8 Å². The summed E-state index contributed by atoms with van der Waals surface area (Å²) in [5, 5.41) is 4.10. The van der Waals surface area contributed by atoms with Crippen molar-refractivity contribution in [2.24, 2.45) is 0 Å². The predicted molar refractivity (Wildman–Crippen MR) is 74.6 cm³/mol. The van der Waals surface area contributed by atoms with Crippen LogP contribution in [0.25, 0.3) is 0 Å². The van der Waals surface area contributed by atoms with Gasteiger partial charge < -0.3 is 10.1 Å². The van der Waals surface area contributed by atoms with Crippen LogP contribution in [0.2, 0.25) is 5.02 Å². The second-order valence-electron chi connectivity index (χ2n) is 4.43. The van der Waals surface area contributed by atoms with Gasteiger partial charge in [0, 0.05) is 23.2 Å². The zero-order valence-electron chi connectivity index (χ0n) is 9.90. The Morgan fingerprint density at radius 3 is 2.94 bits per heavy atom. The van der Waals surface area contributed by atoms with Crippen molar-refractivity contribution in [2.75, 3.05) is 18.5 Å². The third-order valence-electron chi connectivity index (χ3n) is 3.19. The van der Waals surface area contributed by atoms with E-state index in [0.29, 0.717) is 17.5 Å². The SMILES string of the molecule is Clc1cccc(OCC2CNc3ccccc32)c1. The van der Waals surface area contributed by atoms with Gasteiger partial charge in [-0.15, -0.1) is 0 Å². The Hall–Kier alpha value is -1.67. The Morgan fingerprint density at radius 1 is 1.17 bits per heavy atom. The van der Waals surface area contributed by atoms with E-state index >= 15 is 0 Å². The predicted octanol–water partition coefficient (Wildman–Crippen LogP) is 3.93. The van der Waals surface area contributed by atoms with E-state index in [-0.39, 0.29) is 0 Å². The number of rotatable bonds is 3. The first-order valence-corrected chi connectivity index (χ1v) is 6.42. The fourth-order valence-corrected chi connectivity index (χ4v) is 2.44. The fourth-order valence-electron chi connectivity index (χ4n) is 2.26. The Morgan fingerprint density at radius 2 is 2.06 bits per heavy atom. The summed E-state index contributed by atoms with van der Waals surface area (Å²) in [6, 6.07) is 15.9. The van der Waals surface area contributed by atoms with Crippen molar-refractivity contribution in [1.82, 2.24) is 0 Å². The highest BCUT2D eigenvalue weighted by Gasteiger charge is 2.21. The molecule has 1 heterocycles. The molecule has 92 valence electrons. The number of anilines is 1. The van der Waals surface area contributed by atoms with Crippen LogP contribution in [0.3, 0.4) is 0 Å². The molecule has 2 aromatic rings. The third kappa shape index (κ3) is 2.29. The fraction of sp³-hybridized carbons (Fsp3) is 0.200. The molecule has 0 aliphatic carbocycles. The standard InChI is InChI=1S/C15H14ClNO/c16-12-4-3-5-13(8-12)18-10-11-9-17-15-7-2-1-6-14(11)15/h1-8,11,17H,9-10H2. The number of benzene rings is 2. The molecule has 0 saturated carbocycles. The van der Waals surface area contributed by atoms with Crippen molar-refractivity contribution >= 4 is 17.3 Å². The molecule has 2 aromatic carbocycles. The average molecular weight is 260 g/mol. The van der Waals surface area contributed by atoms with Gasteiger partial charge >= 0.3 is 0 Å². The highest BCUT2D eigenvalue weighted by Crippen LogP contribution is 2.31. The molecule has 0 fully saturated rings. The highest BCUT2D eigenvalue weighted by atomic mass is 35.5. The van der Waals surface area contributed by atoms with Crippen LogP contribution in [0.5, 0.6) is 5.75 Å². The second kappa shape index (κ2) is 4.91. The Balaban J connectivity index is 1.69. The summed E-state index contributed by atoms with van der Waals surface area (Å²) < 4.78 is 5.80. The van der Waals surface area contributed by atoms with Gasteiger partial charge in [0.2, 0.25) is 0 Å². The van der Waals surface area contributed by atoms with Gasteiger partial charge in [0.1, 0.15) is 5.75 Å². The van der Waals surface area contributed by atoms with Crippen LogP contribution < -0.4 is 10.1 Å². The molecule has 3 rings (SSSR count). The van der Waals surface area contributed by atoms with Crippen LogP contribution in [0.4, 0.5) is 5.69 Å². The molecule has 0 aromatic heterocycles. The van der Waals surface area contributed by atoms with E-state index in [0.717, 1.165) is 12.3 Å². The monoisotopic (exact) mass is 259 g/mol. The largest absolute Gasteiger partial charge is 0.493 e. The maximum Gasteiger partial charge on any atom is 0.120 e. The summed E-state index contributed by atoms with van der Waals surface area (Å²) in [6.45, 7) is 1.60. The van der Waals surface area contributed by atoms with E-state index in [2.05, 4.69) is 23.5 Å². The van der Waals surface area contributed by atoms with E-state index in [1.165, 1.54) is 11.3 Å². The minimum Gasteiger partial charge on any atom is -0.493 e. The summed E-state index contributed by atoms with van der Waals surface area (Å²) in [6.07, 6.45) is 0. The van der Waals surface area contributed by atoms with Gasteiger partial charge in [0.05, 0.1) is 6.61 Å². The molecule has 3 heteroatoms. The molecular formula is C15H14ClNO. The van der Waals surface area contributed by atoms with Crippen LogP contribution in [0, 0.1) is 0 Å². The van der Waals surface area contributed by atoms with E-state index in [1.807, 2.05) is 30.3 Å². The Bertz CT molecular complexity index is 556. The molecular weight excluding hydrogens is 246 g/mol. The summed E-state index contributed by atoms with van der Waals surface area (Å²) in [5.41, 5.74) is 2.55. The minimum atomic E-state index is 0.403. The number of para-hydroxylation sites is 1. The first-order valence-electron chi connectivity index (χ1n) is 6.04. The van der Waals surface area contributed by atoms with E-state index in [4.69, 9.17) is 16.3 Å². The maximum absolute atomic E-state index is 5.93. The van der Waals surface area contributed by atoms with Crippen LogP contribution >= 0.6 is 11.6 Å². The average Bonchev–Trinajstić information content (AvgIpc) is 2.80. The number of halogens is 1. The van der Waals surface area contributed by atoms with Gasteiger partial charge in [-0.1, -0.05) is 35.9 Å². The first-order chi connectivity index (χ1) is 8.83. The summed E-state index contributed by atoms with van der Waals surface area (Å²) in [7, 11) is 0. The number of hydrogen-bond donors (Lipinski definition) is 1. The number of hydrogen-bond acceptors (Lipinski definition) is 2. The molecule has 1 unspecified atom stereocenters. The third-order valence-corrected chi connectivity index (χ3v) is 3.42. The van der Waals surface area contributed by atoms with Crippen molar-refractivity contribution in [3.8, 4) is 5.75 Å². The molecule has 0 spiro atoms. The lowest BCUT2D eigenvalue weighted by Gasteiger charge is -2.12. The number of ether oxygens (including phenoxy) is 1. The van der Waals surface area contributed by atoms with E-state index in [9.17, 15) is 0 Å². The maximum atomic E-state index is 5.93. The molecule has 0 saturated heterocycles. The molecule has 0 bridgehead atoms. The second-order valence-corrected chi connectivity index (χ2v) is 4.87. The van der Waals surface area contributed by atoms with Crippen molar-refractivity contribution in [1.29, 1.82) is 0 Å². The van der Waals surface area contributed by atoms with Crippen LogP contribution in [0.15, 0.2) is 48.5 Å². The Kier molecular flexibility index (Phi) is 3.11. The van der Waals surface area contributed by atoms with Gasteiger partial charge in [-0.3, -0.25) is 0 Å². The zero-order valence-corrected chi connectivity index (χ0v) is 10.7. The van der Waals surface area contributed by atoms with Crippen molar-refractivity contribution in [3.05, 3.63) is 59.1 Å². The van der Waals surface area contributed by atoms with E-state index in [1.54, 1.807) is 0 Å². The van der Waals surface area contributed by atoms with Gasteiger partial charge in [0.25, 0.3) is 0 Å². The van der Waals surface area contributed by atoms with Crippen LogP contribution in [-0.2, 0) is 0 Å². The van der Waals surface area contributed by atoms with Crippen LogP contribution in [0.1, 0.15) is 11.5 Å². The lowest BCUT2D eigenvalue weighted by Crippen LogP contribution is -2.12. The molecule has 1 atom stereocenters. The molecule has 1 aliphatic heterocycles. The molecule has 0 radical (unpaired) electrons.